The van der Waals surface area contributed by atoms with Crippen LogP contribution in [0.15, 0.2) is 42.5 Å². The van der Waals surface area contributed by atoms with Crippen LogP contribution in [0.5, 0.6) is 0 Å². The molecule has 25 heavy (non-hydrogen) atoms. The molecular formula is C20H24ClN3O. The van der Waals surface area contributed by atoms with Crippen LogP contribution < -0.4 is 10.2 Å². The van der Waals surface area contributed by atoms with E-state index in [9.17, 15) is 4.79 Å². The molecule has 132 valence electrons. The normalized spacial score (nSPS) is 15.2. The summed E-state index contributed by atoms with van der Waals surface area (Å²) in [5.41, 5.74) is 3.57. The number of benzene rings is 2. The summed E-state index contributed by atoms with van der Waals surface area (Å²) in [6, 6.07) is 13.3. The highest BCUT2D eigenvalue weighted by Crippen LogP contribution is 2.30. The van der Waals surface area contributed by atoms with Crippen molar-refractivity contribution in [2.75, 3.05) is 42.9 Å². The first-order valence-corrected chi connectivity index (χ1v) is 9.09. The molecule has 2 aromatic rings. The quantitative estimate of drug-likeness (QED) is 0.896. The molecule has 1 saturated heterocycles. The number of likely N-dealkylation sites (N-methyl/N-ethyl adjacent to an activating group) is 1. The highest BCUT2D eigenvalue weighted by atomic mass is 35.5. The summed E-state index contributed by atoms with van der Waals surface area (Å²) in [4.78, 5) is 17.3. The van der Waals surface area contributed by atoms with Crippen molar-refractivity contribution in [2.24, 2.45) is 0 Å². The van der Waals surface area contributed by atoms with Crippen LogP contribution >= 0.6 is 11.6 Å². The van der Waals surface area contributed by atoms with Crippen molar-refractivity contribution in [2.45, 2.75) is 13.8 Å². The van der Waals surface area contributed by atoms with E-state index < -0.39 is 0 Å². The summed E-state index contributed by atoms with van der Waals surface area (Å²) >= 11 is 6.17. The van der Waals surface area contributed by atoms with E-state index >= 15 is 0 Å². The summed E-state index contributed by atoms with van der Waals surface area (Å²) < 4.78 is 0. The Balaban J connectivity index is 1.79. The van der Waals surface area contributed by atoms with Crippen molar-refractivity contribution in [3.05, 3.63) is 58.6 Å². The van der Waals surface area contributed by atoms with Gasteiger partial charge in [-0.05, 0) is 43.8 Å². The van der Waals surface area contributed by atoms with Crippen molar-refractivity contribution in [3.8, 4) is 0 Å². The third-order valence-electron chi connectivity index (χ3n) is 4.68. The number of carbonyl (C=O) groups excluding carboxylic acids is 1. The molecule has 1 fully saturated rings. The van der Waals surface area contributed by atoms with Crippen LogP contribution in [0.3, 0.4) is 0 Å². The smallest absolute Gasteiger partial charge is 0.255 e. The second-order valence-electron chi connectivity index (χ2n) is 6.40. The Morgan fingerprint density at radius 1 is 1.08 bits per heavy atom. The fourth-order valence-electron chi connectivity index (χ4n) is 3.09. The Labute approximate surface area is 154 Å². The van der Waals surface area contributed by atoms with Crippen molar-refractivity contribution in [1.82, 2.24) is 4.90 Å². The maximum absolute atomic E-state index is 12.6. The zero-order valence-electron chi connectivity index (χ0n) is 14.8. The monoisotopic (exact) mass is 357 g/mol. The fourth-order valence-corrected chi connectivity index (χ4v) is 3.26. The van der Waals surface area contributed by atoms with Gasteiger partial charge in [-0.1, -0.05) is 36.2 Å². The van der Waals surface area contributed by atoms with Gasteiger partial charge in [0.2, 0.25) is 0 Å². The molecule has 4 nitrogen and oxygen atoms in total. The molecule has 1 aliphatic rings. The average Bonchev–Trinajstić information content (AvgIpc) is 2.62. The number of carbonyl (C=O) groups is 1. The van der Waals surface area contributed by atoms with E-state index in [0.29, 0.717) is 10.6 Å². The molecule has 0 unspecified atom stereocenters. The Bertz CT molecular complexity index is 737. The van der Waals surface area contributed by atoms with Crippen LogP contribution in [-0.4, -0.2) is 43.5 Å². The number of hydrogen-bond donors (Lipinski definition) is 1. The van der Waals surface area contributed by atoms with E-state index in [1.165, 1.54) is 0 Å². The highest BCUT2D eigenvalue weighted by molar-refractivity contribution is 6.31. The number of amides is 1. The van der Waals surface area contributed by atoms with Gasteiger partial charge in [-0.3, -0.25) is 4.79 Å². The first-order chi connectivity index (χ1) is 12.1. The number of rotatable bonds is 4. The third-order valence-corrected chi connectivity index (χ3v) is 4.92. The lowest BCUT2D eigenvalue weighted by Crippen LogP contribution is -2.46. The number of anilines is 2. The minimum atomic E-state index is -0.115. The minimum Gasteiger partial charge on any atom is -0.367 e. The van der Waals surface area contributed by atoms with Crippen LogP contribution in [0.2, 0.25) is 5.02 Å². The summed E-state index contributed by atoms with van der Waals surface area (Å²) in [5, 5.41) is 3.65. The van der Waals surface area contributed by atoms with Crippen LogP contribution in [0.1, 0.15) is 22.8 Å². The SMILES string of the molecule is CCN1CCN(c2ccc(Cl)cc2NC(=O)c2ccc(C)cc2)CC1. The Hall–Kier alpha value is -2.04. The Morgan fingerprint density at radius 2 is 1.76 bits per heavy atom. The van der Waals surface area contributed by atoms with E-state index in [4.69, 9.17) is 11.6 Å². The molecule has 1 aliphatic heterocycles. The number of aryl methyl sites for hydroxylation is 1. The molecule has 1 N–H and O–H groups in total. The molecule has 2 aromatic carbocycles. The first kappa shape index (κ1) is 17.8. The minimum absolute atomic E-state index is 0.115. The number of piperazine rings is 1. The predicted octanol–water partition coefficient (Wildman–Crippen LogP) is 4.04. The summed E-state index contributed by atoms with van der Waals surface area (Å²) in [7, 11) is 0. The van der Waals surface area contributed by atoms with Gasteiger partial charge in [0.05, 0.1) is 11.4 Å². The molecule has 0 bridgehead atoms. The molecule has 0 atom stereocenters. The van der Waals surface area contributed by atoms with E-state index in [1.54, 1.807) is 0 Å². The molecule has 0 aromatic heterocycles. The van der Waals surface area contributed by atoms with E-state index in [1.807, 2.05) is 49.4 Å². The second kappa shape index (κ2) is 7.89. The lowest BCUT2D eigenvalue weighted by Gasteiger charge is -2.36. The fraction of sp³-hybridized carbons (Fsp3) is 0.350. The maximum atomic E-state index is 12.6. The van der Waals surface area contributed by atoms with Crippen molar-refractivity contribution in [1.29, 1.82) is 0 Å². The van der Waals surface area contributed by atoms with Crippen LogP contribution in [-0.2, 0) is 0 Å². The number of halogens is 1. The van der Waals surface area contributed by atoms with Gasteiger partial charge in [0.25, 0.3) is 5.91 Å². The van der Waals surface area contributed by atoms with Gasteiger partial charge in [-0.2, -0.15) is 0 Å². The van der Waals surface area contributed by atoms with Gasteiger partial charge in [0, 0.05) is 36.8 Å². The lowest BCUT2D eigenvalue weighted by molar-refractivity contribution is 0.102. The summed E-state index contributed by atoms with van der Waals surface area (Å²) in [5.74, 6) is -0.115. The van der Waals surface area contributed by atoms with Gasteiger partial charge in [-0.25, -0.2) is 0 Å². The van der Waals surface area contributed by atoms with Gasteiger partial charge in [-0.15, -0.1) is 0 Å². The van der Waals surface area contributed by atoms with Crippen LogP contribution in [0.4, 0.5) is 11.4 Å². The van der Waals surface area contributed by atoms with E-state index in [0.717, 1.165) is 49.7 Å². The van der Waals surface area contributed by atoms with E-state index in [2.05, 4.69) is 22.0 Å². The average molecular weight is 358 g/mol. The topological polar surface area (TPSA) is 35.6 Å². The third kappa shape index (κ3) is 4.33. The standard InChI is InChI=1S/C20H24ClN3O/c1-3-23-10-12-24(13-11-23)19-9-8-17(21)14-18(19)22-20(25)16-6-4-15(2)5-7-16/h4-9,14H,3,10-13H2,1-2H3,(H,22,25). The molecule has 0 aliphatic carbocycles. The molecule has 5 heteroatoms. The predicted molar refractivity (Wildman–Crippen MR) is 105 cm³/mol. The molecule has 0 radical (unpaired) electrons. The molecule has 0 saturated carbocycles. The Morgan fingerprint density at radius 3 is 2.40 bits per heavy atom. The first-order valence-electron chi connectivity index (χ1n) is 8.71. The number of nitrogens with one attached hydrogen (secondary N) is 1. The van der Waals surface area contributed by atoms with Crippen molar-refractivity contribution in [3.63, 3.8) is 0 Å². The lowest BCUT2D eigenvalue weighted by atomic mass is 10.1. The molecule has 0 spiro atoms. The second-order valence-corrected chi connectivity index (χ2v) is 6.84. The van der Waals surface area contributed by atoms with Crippen molar-refractivity contribution >= 4 is 28.9 Å². The molecule has 1 amide bonds. The van der Waals surface area contributed by atoms with E-state index in [-0.39, 0.29) is 5.91 Å². The molecule has 1 heterocycles. The zero-order valence-corrected chi connectivity index (χ0v) is 15.5. The van der Waals surface area contributed by atoms with Crippen LogP contribution in [0.25, 0.3) is 0 Å². The summed E-state index contributed by atoms with van der Waals surface area (Å²) in [6.45, 7) is 9.23. The largest absolute Gasteiger partial charge is 0.367 e. The van der Waals surface area contributed by atoms with Crippen LogP contribution in [0, 0.1) is 6.92 Å². The summed E-state index contributed by atoms with van der Waals surface area (Å²) in [6.07, 6.45) is 0. The Kier molecular flexibility index (Phi) is 5.61. The van der Waals surface area contributed by atoms with Gasteiger partial charge < -0.3 is 15.1 Å². The number of nitrogens with zero attached hydrogens (tertiary/aromatic N) is 2. The van der Waals surface area contributed by atoms with Gasteiger partial charge >= 0.3 is 0 Å². The zero-order chi connectivity index (χ0) is 17.8. The van der Waals surface area contributed by atoms with Gasteiger partial charge in [0.15, 0.2) is 0 Å². The number of hydrogen-bond acceptors (Lipinski definition) is 3. The highest BCUT2D eigenvalue weighted by Gasteiger charge is 2.19. The molecular weight excluding hydrogens is 334 g/mol. The molecule has 3 rings (SSSR count). The maximum Gasteiger partial charge on any atom is 0.255 e. The van der Waals surface area contributed by atoms with Gasteiger partial charge in [0.1, 0.15) is 0 Å². The van der Waals surface area contributed by atoms with Crippen molar-refractivity contribution < 1.29 is 4.79 Å².